The van der Waals surface area contributed by atoms with Gasteiger partial charge in [0.05, 0.1) is 18.2 Å². The second kappa shape index (κ2) is 15.5. The largest absolute Gasteiger partial charge is 0.471 e. The SMILES string of the molecule is Cc1cn([C@H]2CN(C(c3ccccc3)(c3ccccc3)c3ccccc3)C[C@@H](COP(=O)(Cl)N(C)CCNC(=O)C(F)(F)F)O2)c(=O)[nH]c1=O. The number of morpholine rings is 1. The minimum atomic E-state index is -5.07. The van der Waals surface area contributed by atoms with Gasteiger partial charge >= 0.3 is 24.6 Å². The van der Waals surface area contributed by atoms with Gasteiger partial charge in [0, 0.05) is 37.9 Å². The Balaban J connectivity index is 1.54. The first kappa shape index (κ1) is 37.2. The molecule has 1 amide bonds. The number of hydrogen-bond donors (Lipinski definition) is 2. The Morgan fingerprint density at radius 3 is 2.00 bits per heavy atom. The summed E-state index contributed by atoms with van der Waals surface area (Å²) in [6.45, 7) is -3.41. The van der Waals surface area contributed by atoms with Crippen molar-refractivity contribution in [2.45, 2.75) is 31.0 Å². The normalized spacial score (nSPS) is 18.5. The summed E-state index contributed by atoms with van der Waals surface area (Å²) in [5.74, 6) is -2.13. The van der Waals surface area contributed by atoms with Gasteiger partial charge in [-0.3, -0.25) is 28.6 Å². The number of alkyl halides is 3. The predicted octanol–water partition coefficient (Wildman–Crippen LogP) is 5.01. The molecule has 0 bridgehead atoms. The number of aromatic amines is 1. The Hall–Kier alpha value is -4.04. The molecule has 1 saturated heterocycles. The number of benzene rings is 3. The van der Waals surface area contributed by atoms with Crippen molar-refractivity contribution in [1.29, 1.82) is 0 Å². The Morgan fingerprint density at radius 1 is 0.980 bits per heavy atom. The van der Waals surface area contributed by atoms with Crippen molar-refractivity contribution in [3.63, 3.8) is 0 Å². The molecule has 0 saturated carbocycles. The van der Waals surface area contributed by atoms with E-state index in [0.29, 0.717) is 0 Å². The zero-order valence-electron chi connectivity index (χ0n) is 27.2. The van der Waals surface area contributed by atoms with E-state index >= 15 is 0 Å². The van der Waals surface area contributed by atoms with Crippen LogP contribution in [0.5, 0.6) is 0 Å². The molecule has 2 N–H and O–H groups in total. The summed E-state index contributed by atoms with van der Waals surface area (Å²) in [6, 6.07) is 29.4. The van der Waals surface area contributed by atoms with Crippen LogP contribution in [-0.2, 0) is 24.2 Å². The van der Waals surface area contributed by atoms with Crippen molar-refractivity contribution in [3.8, 4) is 0 Å². The molecule has 266 valence electrons. The summed E-state index contributed by atoms with van der Waals surface area (Å²) in [4.78, 5) is 41.1. The number of rotatable bonds is 12. The highest BCUT2D eigenvalue weighted by molar-refractivity contribution is 7.83. The van der Waals surface area contributed by atoms with Crippen LogP contribution >= 0.6 is 18.1 Å². The van der Waals surface area contributed by atoms with Crippen LogP contribution in [0, 0.1) is 6.92 Å². The molecule has 0 radical (unpaired) electrons. The summed E-state index contributed by atoms with van der Waals surface area (Å²) in [5, 5.41) is 1.71. The third kappa shape index (κ3) is 8.12. The number of amides is 1. The molecule has 1 aromatic heterocycles. The number of halogens is 4. The molecule has 1 aliphatic rings. The zero-order chi connectivity index (χ0) is 36.1. The van der Waals surface area contributed by atoms with Gasteiger partial charge in [-0.25, -0.2) is 9.46 Å². The van der Waals surface area contributed by atoms with Crippen LogP contribution in [0.3, 0.4) is 0 Å². The van der Waals surface area contributed by atoms with Crippen LogP contribution in [-0.4, -0.2) is 77.1 Å². The molecule has 16 heteroatoms. The summed E-state index contributed by atoms with van der Waals surface area (Å²) in [7, 11) is 1.29. The van der Waals surface area contributed by atoms with E-state index in [1.165, 1.54) is 17.8 Å². The van der Waals surface area contributed by atoms with Crippen molar-refractivity contribution >= 4 is 24.0 Å². The van der Waals surface area contributed by atoms with Gasteiger partial charge in [-0.2, -0.15) is 13.2 Å². The van der Waals surface area contributed by atoms with Crippen molar-refractivity contribution in [3.05, 3.63) is 140 Å². The fourth-order valence-electron chi connectivity index (χ4n) is 6.05. The van der Waals surface area contributed by atoms with Gasteiger partial charge < -0.3 is 14.6 Å². The van der Waals surface area contributed by atoms with Crippen LogP contribution in [0.2, 0.25) is 0 Å². The first-order valence-corrected chi connectivity index (χ1v) is 18.1. The molecule has 3 aromatic carbocycles. The summed E-state index contributed by atoms with van der Waals surface area (Å²) < 4.78 is 65.7. The number of hydrogen-bond acceptors (Lipinski definition) is 7. The first-order valence-electron chi connectivity index (χ1n) is 15.6. The maximum atomic E-state index is 13.4. The van der Waals surface area contributed by atoms with Gasteiger partial charge in [0.2, 0.25) is 0 Å². The maximum absolute atomic E-state index is 13.4. The minimum absolute atomic E-state index is 0.151. The van der Waals surface area contributed by atoms with Crippen molar-refractivity contribution in [2.75, 3.05) is 39.8 Å². The number of carbonyl (C=O) groups excluding carboxylic acids is 1. The number of H-pyrrole nitrogens is 1. The molecule has 5 rings (SSSR count). The third-order valence-corrected chi connectivity index (χ3v) is 11.0. The summed E-state index contributed by atoms with van der Waals surface area (Å²) in [6.07, 6.45) is -5.49. The Kier molecular flexibility index (Phi) is 11.5. The van der Waals surface area contributed by atoms with Crippen molar-refractivity contribution in [2.24, 2.45) is 0 Å². The van der Waals surface area contributed by atoms with Crippen LogP contribution in [0.4, 0.5) is 13.2 Å². The van der Waals surface area contributed by atoms with E-state index in [1.807, 2.05) is 91.0 Å². The standard InChI is InChI=1S/C34H36ClF3N5O6P/c1-24-20-43(32(46)40-30(24)44)29-22-42(21-28(49-29)23-48-50(35,47)41(2)19-18-39-31(45)34(36,37)38)33(25-12-6-3-7-13-25,26-14-8-4-9-15-26)27-16-10-5-11-17-27/h3-17,20,28-29H,18-19,21-23H2,1-2H3,(H,39,45)(H,40,44,46)/t28-,29+,50?/m0/s1. The molecule has 1 fully saturated rings. The van der Waals surface area contributed by atoms with Gasteiger partial charge in [-0.1, -0.05) is 91.0 Å². The number of nitrogens with zero attached hydrogens (tertiary/aromatic N) is 3. The highest BCUT2D eigenvalue weighted by Gasteiger charge is 2.47. The molecule has 1 unspecified atom stereocenters. The van der Waals surface area contributed by atoms with E-state index < -0.39 is 54.6 Å². The molecule has 50 heavy (non-hydrogen) atoms. The summed E-state index contributed by atoms with van der Waals surface area (Å²) in [5.41, 5.74) is 0.819. The summed E-state index contributed by atoms with van der Waals surface area (Å²) >= 11 is 6.30. The molecule has 3 atom stereocenters. The lowest BCUT2D eigenvalue weighted by Gasteiger charge is -2.50. The fourth-order valence-corrected chi connectivity index (χ4v) is 7.33. The van der Waals surface area contributed by atoms with Crippen LogP contribution < -0.4 is 16.6 Å². The Labute approximate surface area is 290 Å². The fraction of sp³-hybridized carbons (Fsp3) is 0.324. The van der Waals surface area contributed by atoms with Gasteiger partial charge in [0.1, 0.15) is 0 Å². The second-order valence-electron chi connectivity index (χ2n) is 11.8. The van der Waals surface area contributed by atoms with E-state index in [1.54, 1.807) is 12.2 Å². The lowest BCUT2D eigenvalue weighted by Crippen LogP contribution is -2.58. The number of aryl methyl sites for hydroxylation is 1. The number of carbonyl (C=O) groups is 1. The maximum Gasteiger partial charge on any atom is 0.471 e. The van der Waals surface area contributed by atoms with Crippen LogP contribution in [0.25, 0.3) is 0 Å². The third-order valence-electron chi connectivity index (χ3n) is 8.46. The van der Waals surface area contributed by atoms with E-state index in [0.717, 1.165) is 21.4 Å². The lowest BCUT2D eigenvalue weighted by molar-refractivity contribution is -0.173. The number of aromatic nitrogens is 2. The zero-order valence-corrected chi connectivity index (χ0v) is 28.8. The number of likely N-dealkylation sites (N-methyl/N-ethyl adjacent to an activating group) is 1. The first-order chi connectivity index (χ1) is 23.7. The topological polar surface area (TPSA) is 126 Å². The Morgan fingerprint density at radius 2 is 1.50 bits per heavy atom. The highest BCUT2D eigenvalue weighted by atomic mass is 35.7. The molecular formula is C34H36ClF3N5O6P. The van der Waals surface area contributed by atoms with Gasteiger partial charge in [0.25, 0.3) is 5.56 Å². The predicted molar refractivity (Wildman–Crippen MR) is 182 cm³/mol. The number of ether oxygens (including phenoxy) is 1. The monoisotopic (exact) mass is 733 g/mol. The van der Waals surface area contributed by atoms with E-state index in [4.69, 9.17) is 20.5 Å². The minimum Gasteiger partial charge on any atom is -0.350 e. The van der Waals surface area contributed by atoms with Crippen LogP contribution in [0.15, 0.2) is 107 Å². The smallest absolute Gasteiger partial charge is 0.350 e. The molecule has 0 spiro atoms. The molecule has 0 aliphatic carbocycles. The molecule has 4 aromatic rings. The highest BCUT2D eigenvalue weighted by Crippen LogP contribution is 2.55. The van der Waals surface area contributed by atoms with Crippen molar-refractivity contribution in [1.82, 2.24) is 24.4 Å². The quantitative estimate of drug-likeness (QED) is 0.154. The second-order valence-corrected chi connectivity index (χ2v) is 14.9. The van der Waals surface area contributed by atoms with Crippen molar-refractivity contribution < 1.29 is 31.8 Å². The van der Waals surface area contributed by atoms with E-state index in [2.05, 4.69) is 9.88 Å². The Bertz CT molecular complexity index is 1830. The molecule has 1 aliphatic heterocycles. The van der Waals surface area contributed by atoms with Gasteiger partial charge in [0.15, 0.2) is 6.23 Å². The molecule has 2 heterocycles. The van der Waals surface area contributed by atoms with E-state index in [-0.39, 0.29) is 31.8 Å². The average Bonchev–Trinajstić information content (AvgIpc) is 3.10. The van der Waals surface area contributed by atoms with Gasteiger partial charge in [-0.05, 0) is 41.9 Å². The molecule has 11 nitrogen and oxygen atoms in total. The number of nitrogens with one attached hydrogen (secondary N) is 2. The molecular weight excluding hydrogens is 698 g/mol. The average molecular weight is 734 g/mol. The van der Waals surface area contributed by atoms with Crippen LogP contribution in [0.1, 0.15) is 28.5 Å². The van der Waals surface area contributed by atoms with E-state index in [9.17, 15) is 32.1 Å². The lowest BCUT2D eigenvalue weighted by atomic mass is 9.75. The van der Waals surface area contributed by atoms with Gasteiger partial charge in [-0.15, -0.1) is 0 Å².